The highest BCUT2D eigenvalue weighted by Crippen LogP contribution is 2.32. The van der Waals surface area contributed by atoms with Gasteiger partial charge >= 0.3 is 0 Å². The first kappa shape index (κ1) is 13.3. The Morgan fingerprint density at radius 1 is 1.50 bits per heavy atom. The normalized spacial score (nSPS) is 23.0. The van der Waals surface area contributed by atoms with Gasteiger partial charge in [0.1, 0.15) is 5.69 Å². The molecule has 0 aromatic heterocycles. The molecule has 0 bridgehead atoms. The van der Waals surface area contributed by atoms with Crippen molar-refractivity contribution in [3.63, 3.8) is 0 Å². The molecule has 0 saturated heterocycles. The molecule has 18 heavy (non-hydrogen) atoms. The second kappa shape index (κ2) is 5.69. The van der Waals surface area contributed by atoms with Crippen LogP contribution in [-0.2, 0) is 0 Å². The van der Waals surface area contributed by atoms with E-state index in [1.54, 1.807) is 12.1 Å². The molecule has 1 aromatic carbocycles. The molecule has 2 unspecified atom stereocenters. The lowest BCUT2D eigenvalue weighted by Gasteiger charge is -2.12. The Morgan fingerprint density at radius 3 is 2.89 bits per heavy atom. The Labute approximate surface area is 115 Å². The fourth-order valence-electron chi connectivity index (χ4n) is 2.57. The van der Waals surface area contributed by atoms with Gasteiger partial charge < -0.3 is 5.32 Å². The van der Waals surface area contributed by atoms with E-state index in [9.17, 15) is 10.1 Å². The SMILES string of the molecule is CC1CCC(CNc2cc(Br)ccc2[N+](=O)[O-])C1. The summed E-state index contributed by atoms with van der Waals surface area (Å²) >= 11 is 3.35. The molecule has 0 aliphatic heterocycles. The molecule has 1 aliphatic carbocycles. The van der Waals surface area contributed by atoms with Crippen LogP contribution in [0.2, 0.25) is 0 Å². The monoisotopic (exact) mass is 312 g/mol. The van der Waals surface area contributed by atoms with E-state index in [-0.39, 0.29) is 10.6 Å². The van der Waals surface area contributed by atoms with Crippen molar-refractivity contribution in [2.24, 2.45) is 11.8 Å². The lowest BCUT2D eigenvalue weighted by atomic mass is 10.1. The fourth-order valence-corrected chi connectivity index (χ4v) is 2.93. The average molecular weight is 313 g/mol. The van der Waals surface area contributed by atoms with E-state index in [0.29, 0.717) is 11.6 Å². The number of rotatable bonds is 4. The molecule has 4 nitrogen and oxygen atoms in total. The van der Waals surface area contributed by atoms with Gasteiger partial charge in [-0.15, -0.1) is 0 Å². The van der Waals surface area contributed by atoms with E-state index >= 15 is 0 Å². The van der Waals surface area contributed by atoms with E-state index in [0.717, 1.165) is 16.9 Å². The predicted octanol–water partition coefficient (Wildman–Crippen LogP) is 4.21. The molecule has 0 spiro atoms. The Morgan fingerprint density at radius 2 is 2.28 bits per heavy atom. The van der Waals surface area contributed by atoms with Crippen LogP contribution in [0.4, 0.5) is 11.4 Å². The zero-order chi connectivity index (χ0) is 13.1. The fraction of sp³-hybridized carbons (Fsp3) is 0.538. The molecule has 1 aliphatic rings. The maximum absolute atomic E-state index is 10.9. The van der Waals surface area contributed by atoms with E-state index in [1.807, 2.05) is 0 Å². The predicted molar refractivity (Wildman–Crippen MR) is 75.8 cm³/mol. The highest BCUT2D eigenvalue weighted by atomic mass is 79.9. The van der Waals surface area contributed by atoms with Gasteiger partial charge in [-0.1, -0.05) is 29.3 Å². The van der Waals surface area contributed by atoms with E-state index in [2.05, 4.69) is 28.2 Å². The zero-order valence-electron chi connectivity index (χ0n) is 10.4. The van der Waals surface area contributed by atoms with Gasteiger partial charge in [0, 0.05) is 17.1 Å². The van der Waals surface area contributed by atoms with Crippen molar-refractivity contribution < 1.29 is 4.92 Å². The van der Waals surface area contributed by atoms with Crippen LogP contribution in [0.5, 0.6) is 0 Å². The topological polar surface area (TPSA) is 55.2 Å². The number of nitro groups is 1. The van der Waals surface area contributed by atoms with Gasteiger partial charge in [0.05, 0.1) is 4.92 Å². The highest BCUT2D eigenvalue weighted by Gasteiger charge is 2.22. The van der Waals surface area contributed by atoms with Crippen molar-refractivity contribution in [1.29, 1.82) is 0 Å². The molecule has 5 heteroatoms. The summed E-state index contributed by atoms with van der Waals surface area (Å²) in [4.78, 5) is 10.6. The van der Waals surface area contributed by atoms with Crippen LogP contribution in [0.1, 0.15) is 26.2 Å². The maximum atomic E-state index is 10.9. The first-order valence-electron chi connectivity index (χ1n) is 6.24. The van der Waals surface area contributed by atoms with E-state index < -0.39 is 0 Å². The molecule has 2 atom stereocenters. The van der Waals surface area contributed by atoms with Crippen LogP contribution in [0.15, 0.2) is 22.7 Å². The number of nitrogens with one attached hydrogen (secondary N) is 1. The molecule has 0 amide bonds. The maximum Gasteiger partial charge on any atom is 0.292 e. The highest BCUT2D eigenvalue weighted by molar-refractivity contribution is 9.10. The van der Waals surface area contributed by atoms with Gasteiger partial charge in [-0.2, -0.15) is 0 Å². The molecule has 1 fully saturated rings. The summed E-state index contributed by atoms with van der Waals surface area (Å²) in [6.45, 7) is 3.09. The van der Waals surface area contributed by atoms with Gasteiger partial charge in [-0.3, -0.25) is 10.1 Å². The zero-order valence-corrected chi connectivity index (χ0v) is 11.9. The second-order valence-corrected chi connectivity index (χ2v) is 6.00. The van der Waals surface area contributed by atoms with Crippen molar-refractivity contribution in [1.82, 2.24) is 0 Å². The second-order valence-electron chi connectivity index (χ2n) is 5.08. The Kier molecular flexibility index (Phi) is 4.22. The molecular weight excluding hydrogens is 296 g/mol. The summed E-state index contributed by atoms with van der Waals surface area (Å²) < 4.78 is 0.857. The average Bonchev–Trinajstić information content (AvgIpc) is 2.72. The molecule has 2 rings (SSSR count). The Balaban J connectivity index is 2.04. The van der Waals surface area contributed by atoms with Gasteiger partial charge in [-0.25, -0.2) is 0 Å². The lowest BCUT2D eigenvalue weighted by molar-refractivity contribution is -0.384. The number of nitrogens with zero attached hydrogens (tertiary/aromatic N) is 1. The minimum Gasteiger partial charge on any atom is -0.379 e. The lowest BCUT2D eigenvalue weighted by Crippen LogP contribution is -2.12. The molecule has 1 N–H and O–H groups in total. The molecule has 1 saturated carbocycles. The van der Waals surface area contributed by atoms with E-state index in [4.69, 9.17) is 0 Å². The van der Waals surface area contributed by atoms with Crippen molar-refractivity contribution in [2.75, 3.05) is 11.9 Å². The quantitative estimate of drug-likeness (QED) is 0.669. The minimum atomic E-state index is -0.341. The Hall–Kier alpha value is -1.10. The Bertz CT molecular complexity index is 451. The van der Waals surface area contributed by atoms with Gasteiger partial charge in [0.2, 0.25) is 0 Å². The molecular formula is C13H17BrN2O2. The van der Waals surface area contributed by atoms with Crippen molar-refractivity contribution in [3.05, 3.63) is 32.8 Å². The first-order valence-corrected chi connectivity index (χ1v) is 7.03. The molecule has 1 aromatic rings. The summed E-state index contributed by atoms with van der Waals surface area (Å²) in [5.74, 6) is 1.42. The number of hydrogen-bond donors (Lipinski definition) is 1. The van der Waals surface area contributed by atoms with Crippen molar-refractivity contribution in [3.8, 4) is 0 Å². The summed E-state index contributed by atoms with van der Waals surface area (Å²) in [5, 5.41) is 14.2. The summed E-state index contributed by atoms with van der Waals surface area (Å²) in [7, 11) is 0. The molecule has 0 radical (unpaired) electrons. The van der Waals surface area contributed by atoms with Crippen LogP contribution in [0.25, 0.3) is 0 Å². The third kappa shape index (κ3) is 3.22. The summed E-state index contributed by atoms with van der Waals surface area (Å²) in [5.41, 5.74) is 0.748. The third-order valence-electron chi connectivity index (χ3n) is 3.54. The largest absolute Gasteiger partial charge is 0.379 e. The van der Waals surface area contributed by atoms with Crippen LogP contribution >= 0.6 is 15.9 Å². The minimum absolute atomic E-state index is 0.143. The van der Waals surface area contributed by atoms with Gasteiger partial charge in [-0.05, 0) is 36.8 Å². The van der Waals surface area contributed by atoms with Crippen LogP contribution in [-0.4, -0.2) is 11.5 Å². The van der Waals surface area contributed by atoms with Gasteiger partial charge in [0.15, 0.2) is 0 Å². The number of nitro benzene ring substituents is 1. The number of anilines is 1. The van der Waals surface area contributed by atoms with Crippen LogP contribution in [0.3, 0.4) is 0 Å². The van der Waals surface area contributed by atoms with Gasteiger partial charge in [0.25, 0.3) is 5.69 Å². The van der Waals surface area contributed by atoms with E-state index in [1.165, 1.54) is 25.3 Å². The van der Waals surface area contributed by atoms with Crippen LogP contribution < -0.4 is 5.32 Å². The van der Waals surface area contributed by atoms with Crippen molar-refractivity contribution >= 4 is 27.3 Å². The smallest absolute Gasteiger partial charge is 0.292 e. The summed E-state index contributed by atoms with van der Waals surface area (Å²) in [6.07, 6.45) is 3.71. The number of halogens is 1. The molecule has 0 heterocycles. The van der Waals surface area contributed by atoms with Crippen molar-refractivity contribution in [2.45, 2.75) is 26.2 Å². The standard InChI is InChI=1S/C13H17BrN2O2/c1-9-2-3-10(6-9)8-15-12-7-11(14)4-5-13(12)16(17)18/h4-5,7,9-10,15H,2-3,6,8H2,1H3. The van der Waals surface area contributed by atoms with Crippen LogP contribution in [0, 0.1) is 22.0 Å². The summed E-state index contributed by atoms with van der Waals surface area (Å²) in [6, 6.07) is 5.00. The molecule has 98 valence electrons. The number of hydrogen-bond acceptors (Lipinski definition) is 3. The number of benzene rings is 1. The third-order valence-corrected chi connectivity index (χ3v) is 4.03. The first-order chi connectivity index (χ1) is 8.56.